The van der Waals surface area contributed by atoms with Crippen LogP contribution in [0.1, 0.15) is 0 Å². The van der Waals surface area contributed by atoms with Gasteiger partial charge in [0.05, 0.1) is 0 Å². The monoisotopic (exact) mass is 212 g/mol. The number of rotatable bonds is 0. The fraction of sp³-hybridized carbons (Fsp3) is 0. The van der Waals surface area contributed by atoms with E-state index in [2.05, 4.69) is 6.65 Å². The molecule has 4 nitrogen and oxygen atoms in total. The third-order valence-electron chi connectivity index (χ3n) is 0. The van der Waals surface area contributed by atoms with Crippen molar-refractivity contribution in [2.45, 2.75) is 0 Å². The van der Waals surface area contributed by atoms with Crippen molar-refractivity contribution in [1.82, 2.24) is 0 Å². The van der Waals surface area contributed by atoms with Crippen LogP contribution in [0.4, 0.5) is 0 Å². The maximum atomic E-state index is 7.50. The van der Waals surface area contributed by atoms with Crippen LogP contribution in [0, 0.1) is 30.3 Å². The molecule has 0 aromatic rings. The molecule has 0 atom stereocenters. The predicted molar refractivity (Wildman–Crippen MR) is 17.5 cm³/mol. The largest absolute Gasteiger partial charge is 2.00 e. The molecule has 6 heteroatoms. The average molecular weight is 213 g/mol. The van der Waals surface area contributed by atoms with Crippen molar-refractivity contribution in [1.29, 1.82) is 10.5 Å². The molecule has 0 fully saturated rings. The molecule has 2 N–H and O–H groups in total. The third kappa shape index (κ3) is 2650. The zero-order valence-electron chi connectivity index (χ0n) is 3.97. The first kappa shape index (κ1) is 70.9. The average Bonchev–Trinajstić information content (AvgIpc) is 1.81. The smallest absolute Gasteiger partial charge is 0 e. The first-order valence-electron chi connectivity index (χ1n) is 0.651. The maximum absolute atomic E-state index is 7.50. The van der Waals surface area contributed by atoms with Crippen LogP contribution in [0.2, 0.25) is 0 Å². The van der Waals surface area contributed by atoms with Crippen LogP contribution in [0.15, 0.2) is 0 Å². The topological polar surface area (TPSA) is 99.0 Å². The molecule has 9 heavy (non-hydrogen) atoms. The van der Waals surface area contributed by atoms with E-state index in [-0.39, 0.29) is 39.0 Å². The summed E-state index contributed by atoms with van der Waals surface area (Å²) in [5.74, 6) is 0. The molecule has 0 bridgehead atoms. The van der Waals surface area contributed by atoms with Gasteiger partial charge in [-0.05, 0) is 0 Å². The number of nitrogens with zero attached hydrogens (tertiary/aromatic N) is 2. The number of hydrogen-bond donors (Lipinski definition) is 0. The van der Waals surface area contributed by atoms with Crippen LogP contribution in [0.3, 0.4) is 0 Å². The Kier molecular flexibility index (Phi) is 28800. The van der Waals surface area contributed by atoms with Gasteiger partial charge in [0.1, 0.15) is 0 Å². The van der Waals surface area contributed by atoms with Gasteiger partial charge < -0.3 is 29.1 Å². The molecule has 0 saturated carbocycles. The zero-order chi connectivity index (χ0) is 6.00. The van der Waals surface area contributed by atoms with Gasteiger partial charge in [-0.2, -0.15) is 0 Å². The minimum Gasteiger partial charge on any atom is 0 e. The van der Waals surface area contributed by atoms with Crippen molar-refractivity contribution < 1.29 is 43.7 Å². The van der Waals surface area contributed by atoms with Gasteiger partial charge in [0, 0.05) is 16.5 Å². The Balaban J connectivity index is -0.00000000321. The van der Waals surface area contributed by atoms with E-state index in [0.29, 0.717) is 0 Å². The van der Waals surface area contributed by atoms with E-state index in [1.807, 2.05) is 0 Å². The maximum Gasteiger partial charge on any atom is 2.00 e. The summed E-state index contributed by atoms with van der Waals surface area (Å²) in [5, 5.41) is 12.5. The molecule has 54 valence electrons. The van der Waals surface area contributed by atoms with Gasteiger partial charge in [-0.25, -0.2) is 0 Å². The van der Waals surface area contributed by atoms with Gasteiger partial charge in [0.25, 0.3) is 0 Å². The molecule has 0 saturated heterocycles. The van der Waals surface area contributed by atoms with E-state index >= 15 is 0 Å². The Labute approximate surface area is 74.3 Å². The van der Waals surface area contributed by atoms with Crippen LogP contribution in [-0.2, 0) is 38.2 Å². The van der Waals surface area contributed by atoms with E-state index in [1.54, 1.807) is 0 Å². The second-order valence-electron chi connectivity index (χ2n) is 0. The minimum atomic E-state index is 0. The number of hydrogen-bond acceptors (Lipinski definition) is 2. The molecular formula is C3H2FeN2NiO2. The molecule has 0 aliphatic carbocycles. The fourth-order valence-corrected chi connectivity index (χ4v) is 0. The second-order valence-corrected chi connectivity index (χ2v) is 0. The van der Waals surface area contributed by atoms with Gasteiger partial charge in [0.15, 0.2) is 0 Å². The van der Waals surface area contributed by atoms with Gasteiger partial charge in [-0.3, -0.25) is 0 Å². The zero-order valence-corrected chi connectivity index (χ0v) is 6.06. The van der Waals surface area contributed by atoms with Crippen LogP contribution in [0.25, 0.3) is 0 Å². The van der Waals surface area contributed by atoms with Crippen molar-refractivity contribution in [3.63, 3.8) is 0 Å². The van der Waals surface area contributed by atoms with Gasteiger partial charge in [0.2, 0.25) is 0 Å². The van der Waals surface area contributed by atoms with Crippen molar-refractivity contribution in [3.05, 3.63) is 19.8 Å². The Morgan fingerprint density at radius 2 is 0.889 bits per heavy atom. The second kappa shape index (κ2) is 3660. The van der Waals surface area contributed by atoms with Crippen molar-refractivity contribution >= 4 is 0 Å². The molecule has 0 unspecified atom stereocenters. The Hall–Kier alpha value is -0.307. The first-order chi connectivity index (χ1) is 3.00. The van der Waals surface area contributed by atoms with Crippen LogP contribution in [-0.4, -0.2) is 5.48 Å². The Morgan fingerprint density at radius 3 is 0.889 bits per heavy atom. The molecule has 0 aliphatic rings. The van der Waals surface area contributed by atoms with Crippen LogP contribution >= 0.6 is 0 Å². The van der Waals surface area contributed by atoms with Crippen LogP contribution in [0.5, 0.6) is 0 Å². The Morgan fingerprint density at radius 1 is 0.889 bits per heavy atom. The SMILES string of the molecule is O.[C-]#N.[C-]#N.[C-]#[O+].[Fe+2].[Ni]. The van der Waals surface area contributed by atoms with E-state index in [9.17, 15) is 0 Å². The van der Waals surface area contributed by atoms with Gasteiger partial charge in [-0.15, -0.1) is 0 Å². The standard InChI is InChI=1S/2CN.CO.Fe.Ni.H2O/c3*1-2;;;/h;;;;;1H2/q2*-1;;+2;;. The normalized spacial score (nSPS) is 0.667. The Bertz CT molecular complexity index is 48.3. The van der Waals surface area contributed by atoms with E-state index in [0.717, 1.165) is 0 Å². The summed E-state index contributed by atoms with van der Waals surface area (Å²) in [6.07, 6.45) is 0. The van der Waals surface area contributed by atoms with Crippen molar-refractivity contribution in [2.24, 2.45) is 0 Å². The van der Waals surface area contributed by atoms with E-state index < -0.39 is 0 Å². The first-order valence-corrected chi connectivity index (χ1v) is 0.651. The van der Waals surface area contributed by atoms with E-state index in [1.165, 1.54) is 0 Å². The molecule has 0 rings (SSSR count). The van der Waals surface area contributed by atoms with Crippen molar-refractivity contribution in [2.75, 3.05) is 0 Å². The van der Waals surface area contributed by atoms with E-state index in [4.69, 9.17) is 28.3 Å². The summed E-state index contributed by atoms with van der Waals surface area (Å²) in [7, 11) is 0. The molecule has 0 aromatic heterocycles. The molecule has 0 radical (unpaired) electrons. The predicted octanol–water partition coefficient (Wildman–Crippen LogP) is -0.674. The molecule has 0 spiro atoms. The molecule has 0 aliphatic heterocycles. The van der Waals surface area contributed by atoms with Gasteiger partial charge >= 0.3 is 28.4 Å². The minimum absolute atomic E-state index is 0. The summed E-state index contributed by atoms with van der Waals surface area (Å²) in [6.45, 7) is 14.0. The summed E-state index contributed by atoms with van der Waals surface area (Å²) in [6, 6.07) is 0. The summed E-state index contributed by atoms with van der Waals surface area (Å²) in [4.78, 5) is 0. The summed E-state index contributed by atoms with van der Waals surface area (Å²) in [5.41, 5.74) is 0. The third-order valence-corrected chi connectivity index (χ3v) is 0. The van der Waals surface area contributed by atoms with Crippen molar-refractivity contribution in [3.8, 4) is 0 Å². The molecule has 0 heterocycles. The van der Waals surface area contributed by atoms with Gasteiger partial charge in [-0.1, -0.05) is 0 Å². The molecule has 0 amide bonds. The quantitative estimate of drug-likeness (QED) is 0.302. The molecular weight excluding hydrogens is 211 g/mol. The molecule has 0 aromatic carbocycles. The summed E-state index contributed by atoms with van der Waals surface area (Å²) < 4.78 is 7.50. The summed E-state index contributed by atoms with van der Waals surface area (Å²) >= 11 is 0. The van der Waals surface area contributed by atoms with Crippen LogP contribution < -0.4 is 0 Å². The fourth-order valence-electron chi connectivity index (χ4n) is 0.